The van der Waals surface area contributed by atoms with Gasteiger partial charge in [-0.3, -0.25) is 4.98 Å². The lowest BCUT2D eigenvalue weighted by Gasteiger charge is -2.22. The Morgan fingerprint density at radius 1 is 1.41 bits per heavy atom. The minimum absolute atomic E-state index is 0.391. The molecule has 0 N–H and O–H groups in total. The van der Waals surface area contributed by atoms with Gasteiger partial charge >= 0.3 is 5.97 Å². The average molecular weight is 302 g/mol. The van der Waals surface area contributed by atoms with E-state index in [4.69, 9.17) is 9.47 Å². The Balaban J connectivity index is 2.60. The Kier molecular flexibility index (Phi) is 4.51. The van der Waals surface area contributed by atoms with E-state index in [1.54, 1.807) is 25.4 Å². The van der Waals surface area contributed by atoms with Gasteiger partial charge in [0.1, 0.15) is 11.4 Å². The highest BCUT2D eigenvalue weighted by Gasteiger charge is 2.23. The molecule has 1 unspecified atom stereocenters. The minimum Gasteiger partial charge on any atom is -0.477 e. The van der Waals surface area contributed by atoms with Crippen LogP contribution in [0.2, 0.25) is 0 Å². The molecule has 4 nitrogen and oxygen atoms in total. The number of carbonyl (C=O) groups is 1. The van der Waals surface area contributed by atoms with Crippen LogP contribution in [0.1, 0.15) is 27.7 Å². The van der Waals surface area contributed by atoms with Gasteiger partial charge < -0.3 is 9.47 Å². The average Bonchev–Trinajstić information content (AvgIpc) is 2.14. The highest BCUT2D eigenvalue weighted by atomic mass is 79.9. The standard InChI is InChI=1S/C12H16BrNO3/c1-8(11(15)17-12(2,3)4)16-10-5-9(13)6-14-7-10/h5-8H,1-4H3. The van der Waals surface area contributed by atoms with Crippen molar-refractivity contribution in [2.24, 2.45) is 0 Å². The Bertz CT molecular complexity index is 401. The summed E-state index contributed by atoms with van der Waals surface area (Å²) in [6.45, 7) is 7.10. The fourth-order valence-corrected chi connectivity index (χ4v) is 1.44. The maximum atomic E-state index is 11.7. The number of aromatic nitrogens is 1. The maximum absolute atomic E-state index is 11.7. The normalized spacial score (nSPS) is 13.0. The number of carbonyl (C=O) groups excluding carboxylic acids is 1. The van der Waals surface area contributed by atoms with Gasteiger partial charge in [-0.15, -0.1) is 0 Å². The van der Waals surface area contributed by atoms with Crippen molar-refractivity contribution >= 4 is 21.9 Å². The summed E-state index contributed by atoms with van der Waals surface area (Å²) in [5.74, 6) is 0.134. The van der Waals surface area contributed by atoms with Crippen LogP contribution < -0.4 is 4.74 Å². The number of nitrogens with zero attached hydrogens (tertiary/aromatic N) is 1. The van der Waals surface area contributed by atoms with Gasteiger partial charge in [-0.2, -0.15) is 0 Å². The molecule has 1 rings (SSSR count). The third-order valence-corrected chi connectivity index (χ3v) is 2.17. The summed E-state index contributed by atoms with van der Waals surface area (Å²) in [7, 11) is 0. The summed E-state index contributed by atoms with van der Waals surface area (Å²) in [6.07, 6.45) is 2.53. The summed E-state index contributed by atoms with van der Waals surface area (Å²) >= 11 is 3.28. The highest BCUT2D eigenvalue weighted by molar-refractivity contribution is 9.10. The molecular weight excluding hydrogens is 286 g/mol. The Morgan fingerprint density at radius 2 is 2.06 bits per heavy atom. The molecule has 0 bridgehead atoms. The highest BCUT2D eigenvalue weighted by Crippen LogP contribution is 2.18. The first-order chi connectivity index (χ1) is 7.78. The van der Waals surface area contributed by atoms with E-state index in [9.17, 15) is 4.79 Å². The van der Waals surface area contributed by atoms with Gasteiger partial charge in [0.05, 0.1) is 6.20 Å². The summed E-state index contributed by atoms with van der Waals surface area (Å²) in [4.78, 5) is 15.6. The monoisotopic (exact) mass is 301 g/mol. The third kappa shape index (κ3) is 5.17. The van der Waals surface area contributed by atoms with E-state index in [2.05, 4.69) is 20.9 Å². The zero-order chi connectivity index (χ0) is 13.1. The van der Waals surface area contributed by atoms with Crippen molar-refractivity contribution < 1.29 is 14.3 Å². The van der Waals surface area contributed by atoms with E-state index in [-0.39, 0.29) is 0 Å². The summed E-state index contributed by atoms with van der Waals surface area (Å²) in [6, 6.07) is 1.74. The molecule has 0 fully saturated rings. The summed E-state index contributed by atoms with van der Waals surface area (Å²) in [5.41, 5.74) is -0.510. The fraction of sp³-hybridized carbons (Fsp3) is 0.500. The van der Waals surface area contributed by atoms with E-state index >= 15 is 0 Å². The zero-order valence-corrected chi connectivity index (χ0v) is 11.9. The lowest BCUT2D eigenvalue weighted by molar-refractivity contribution is -0.162. The number of ether oxygens (including phenoxy) is 2. The molecule has 0 aliphatic rings. The van der Waals surface area contributed by atoms with E-state index in [1.807, 2.05) is 20.8 Å². The largest absolute Gasteiger partial charge is 0.477 e. The zero-order valence-electron chi connectivity index (χ0n) is 10.4. The van der Waals surface area contributed by atoms with Crippen LogP contribution >= 0.6 is 15.9 Å². The van der Waals surface area contributed by atoms with E-state index < -0.39 is 17.7 Å². The number of pyridine rings is 1. The molecule has 0 aromatic carbocycles. The smallest absolute Gasteiger partial charge is 0.347 e. The van der Waals surface area contributed by atoms with Gasteiger partial charge in [0.15, 0.2) is 6.10 Å². The van der Waals surface area contributed by atoms with Crippen LogP contribution in [0.5, 0.6) is 5.75 Å². The predicted octanol–water partition coefficient (Wildman–Crippen LogP) is 2.95. The van der Waals surface area contributed by atoms with Crippen molar-refractivity contribution in [2.45, 2.75) is 39.4 Å². The fourth-order valence-electron chi connectivity index (χ4n) is 1.09. The van der Waals surface area contributed by atoms with E-state index in [1.165, 1.54) is 0 Å². The first-order valence-electron chi connectivity index (χ1n) is 5.28. The Labute approximate surface area is 109 Å². The molecule has 1 aromatic heterocycles. The van der Waals surface area contributed by atoms with Crippen LogP contribution in [0.15, 0.2) is 22.9 Å². The van der Waals surface area contributed by atoms with Crippen LogP contribution in [-0.2, 0) is 9.53 Å². The van der Waals surface area contributed by atoms with Gasteiger partial charge in [-0.25, -0.2) is 4.79 Å². The number of hydrogen-bond donors (Lipinski definition) is 0. The van der Waals surface area contributed by atoms with E-state index in [0.29, 0.717) is 5.75 Å². The van der Waals surface area contributed by atoms with Crippen molar-refractivity contribution in [3.8, 4) is 5.75 Å². The molecule has 1 atom stereocenters. The number of hydrogen-bond acceptors (Lipinski definition) is 4. The van der Waals surface area contributed by atoms with Gasteiger partial charge in [0.25, 0.3) is 0 Å². The molecule has 0 aliphatic heterocycles. The lowest BCUT2D eigenvalue weighted by atomic mass is 10.2. The van der Waals surface area contributed by atoms with Crippen LogP contribution in [-0.4, -0.2) is 22.7 Å². The molecule has 0 saturated heterocycles. The second-order valence-corrected chi connectivity index (χ2v) is 5.55. The van der Waals surface area contributed by atoms with Crippen LogP contribution in [0, 0.1) is 0 Å². The molecule has 1 aromatic rings. The predicted molar refractivity (Wildman–Crippen MR) is 67.9 cm³/mol. The topological polar surface area (TPSA) is 48.4 Å². The minimum atomic E-state index is -0.662. The number of halogens is 1. The molecule has 0 radical (unpaired) electrons. The molecule has 0 amide bonds. The quantitative estimate of drug-likeness (QED) is 0.805. The van der Waals surface area contributed by atoms with Gasteiger partial charge in [0.2, 0.25) is 0 Å². The van der Waals surface area contributed by atoms with Gasteiger partial charge in [-0.05, 0) is 49.7 Å². The van der Waals surface area contributed by atoms with Gasteiger partial charge in [0, 0.05) is 10.7 Å². The van der Waals surface area contributed by atoms with Crippen molar-refractivity contribution in [3.63, 3.8) is 0 Å². The summed E-state index contributed by atoms with van der Waals surface area (Å²) < 4.78 is 11.4. The molecule has 5 heteroatoms. The third-order valence-electron chi connectivity index (χ3n) is 1.73. The Morgan fingerprint density at radius 3 is 2.59 bits per heavy atom. The van der Waals surface area contributed by atoms with Crippen molar-refractivity contribution in [3.05, 3.63) is 22.9 Å². The second kappa shape index (κ2) is 5.49. The van der Waals surface area contributed by atoms with Crippen LogP contribution in [0.25, 0.3) is 0 Å². The van der Waals surface area contributed by atoms with Crippen molar-refractivity contribution in [1.82, 2.24) is 4.98 Å². The van der Waals surface area contributed by atoms with Crippen LogP contribution in [0.3, 0.4) is 0 Å². The first-order valence-corrected chi connectivity index (χ1v) is 6.07. The van der Waals surface area contributed by atoms with Crippen LogP contribution in [0.4, 0.5) is 0 Å². The Hall–Kier alpha value is -1.10. The molecule has 17 heavy (non-hydrogen) atoms. The van der Waals surface area contributed by atoms with Crippen molar-refractivity contribution in [1.29, 1.82) is 0 Å². The number of esters is 1. The summed E-state index contributed by atoms with van der Waals surface area (Å²) in [5, 5.41) is 0. The lowest BCUT2D eigenvalue weighted by Crippen LogP contribution is -2.33. The SMILES string of the molecule is CC(Oc1cncc(Br)c1)C(=O)OC(C)(C)C. The van der Waals surface area contributed by atoms with Crippen molar-refractivity contribution in [2.75, 3.05) is 0 Å². The first kappa shape index (κ1) is 14.0. The molecule has 1 heterocycles. The molecule has 0 aliphatic carbocycles. The molecule has 0 spiro atoms. The van der Waals surface area contributed by atoms with E-state index in [0.717, 1.165) is 4.47 Å². The van der Waals surface area contributed by atoms with Gasteiger partial charge in [-0.1, -0.05) is 0 Å². The molecule has 94 valence electrons. The number of rotatable bonds is 3. The second-order valence-electron chi connectivity index (χ2n) is 4.63. The molecular formula is C12H16BrNO3. The maximum Gasteiger partial charge on any atom is 0.347 e. The molecule has 0 saturated carbocycles.